The van der Waals surface area contributed by atoms with Gasteiger partial charge < -0.3 is 0 Å². The van der Waals surface area contributed by atoms with E-state index in [1.54, 1.807) is 0 Å². The Morgan fingerprint density at radius 1 is 1.53 bits per heavy atom. The van der Waals surface area contributed by atoms with E-state index in [2.05, 4.69) is 10.4 Å². The number of halogens is 3. The molecule has 1 rings (SSSR count). The summed E-state index contributed by atoms with van der Waals surface area (Å²) >= 11 is 0. The summed E-state index contributed by atoms with van der Waals surface area (Å²) in [5.74, 6) is 0. The second-order valence-electron chi connectivity index (χ2n) is 3.95. The highest BCUT2D eigenvalue weighted by molar-refractivity contribution is 5.08. The average molecular weight is 246 g/mol. The lowest BCUT2D eigenvalue weighted by molar-refractivity contribution is -0.137. The van der Waals surface area contributed by atoms with Crippen molar-refractivity contribution in [3.63, 3.8) is 0 Å². The summed E-state index contributed by atoms with van der Waals surface area (Å²) in [6, 6.07) is 1.50. The molecule has 1 unspecified atom stereocenters. The molecule has 7 heteroatoms. The monoisotopic (exact) mass is 246 g/mol. The topological polar surface area (TPSA) is 53.6 Å². The summed E-state index contributed by atoms with van der Waals surface area (Å²) in [4.78, 5) is 0. The van der Waals surface area contributed by atoms with Crippen molar-refractivity contribution in [2.24, 2.45) is 0 Å². The summed E-state index contributed by atoms with van der Waals surface area (Å²) in [5, 5.41) is 15.3. The first-order valence-corrected chi connectivity index (χ1v) is 5.08. The van der Waals surface area contributed by atoms with Gasteiger partial charge in [0.05, 0.1) is 24.4 Å². The van der Waals surface area contributed by atoms with E-state index < -0.39 is 17.8 Å². The summed E-state index contributed by atoms with van der Waals surface area (Å²) < 4.78 is 38.0. The molecule has 94 valence electrons. The lowest BCUT2D eigenvalue weighted by atomic mass is 10.2. The van der Waals surface area contributed by atoms with Gasteiger partial charge in [0.2, 0.25) is 0 Å². The number of rotatable bonds is 4. The normalized spacial score (nSPS) is 13.7. The van der Waals surface area contributed by atoms with Crippen LogP contribution in [0.5, 0.6) is 0 Å². The van der Waals surface area contributed by atoms with E-state index in [0.717, 1.165) is 17.1 Å². The predicted molar refractivity (Wildman–Crippen MR) is 54.9 cm³/mol. The minimum Gasteiger partial charge on any atom is -0.298 e. The molecule has 0 spiro atoms. The second-order valence-corrected chi connectivity index (χ2v) is 3.95. The number of nitrogens with one attached hydrogen (secondary N) is 1. The molecular formula is C10H13F3N4. The van der Waals surface area contributed by atoms with Crippen molar-refractivity contribution in [3.8, 4) is 6.07 Å². The van der Waals surface area contributed by atoms with Crippen molar-refractivity contribution in [2.45, 2.75) is 38.7 Å². The van der Waals surface area contributed by atoms with Crippen molar-refractivity contribution < 1.29 is 13.2 Å². The minimum absolute atomic E-state index is 0.0808. The molecule has 0 aliphatic rings. The van der Waals surface area contributed by atoms with Crippen molar-refractivity contribution in [2.75, 3.05) is 0 Å². The van der Waals surface area contributed by atoms with Gasteiger partial charge in [0.25, 0.3) is 0 Å². The molecule has 0 radical (unpaired) electrons. The Bertz CT molecular complexity index is 402. The number of hydrogen-bond acceptors (Lipinski definition) is 3. The summed E-state index contributed by atoms with van der Waals surface area (Å²) in [6.07, 6.45) is -2.75. The van der Waals surface area contributed by atoms with Gasteiger partial charge in [-0.05, 0) is 13.8 Å². The molecule has 0 saturated carbocycles. The zero-order chi connectivity index (χ0) is 13.1. The van der Waals surface area contributed by atoms with Crippen LogP contribution in [0, 0.1) is 11.3 Å². The van der Waals surface area contributed by atoms with E-state index in [1.807, 2.05) is 19.9 Å². The number of nitrogens with zero attached hydrogens (tertiary/aromatic N) is 3. The maximum Gasteiger partial charge on any atom is 0.419 e. The molecule has 0 fully saturated rings. The van der Waals surface area contributed by atoms with Crippen LogP contribution in [0.3, 0.4) is 0 Å². The van der Waals surface area contributed by atoms with Crippen LogP contribution in [0.4, 0.5) is 13.2 Å². The lowest BCUT2D eigenvalue weighted by Gasteiger charge is -2.14. The Balaban J connectivity index is 2.69. The van der Waals surface area contributed by atoms with Crippen LogP contribution >= 0.6 is 0 Å². The summed E-state index contributed by atoms with van der Waals surface area (Å²) in [6.45, 7) is 3.80. The Morgan fingerprint density at radius 3 is 2.59 bits per heavy atom. The van der Waals surface area contributed by atoms with Gasteiger partial charge in [-0.3, -0.25) is 10.00 Å². The molecule has 4 nitrogen and oxygen atoms in total. The first-order chi connectivity index (χ1) is 7.82. The maximum atomic E-state index is 12.3. The third-order valence-electron chi connectivity index (χ3n) is 2.02. The zero-order valence-corrected chi connectivity index (χ0v) is 9.49. The van der Waals surface area contributed by atoms with E-state index in [-0.39, 0.29) is 12.6 Å². The van der Waals surface area contributed by atoms with Crippen LogP contribution in [0.25, 0.3) is 0 Å². The van der Waals surface area contributed by atoms with Gasteiger partial charge in [0.15, 0.2) is 0 Å². The minimum atomic E-state index is -4.40. The zero-order valence-electron chi connectivity index (χ0n) is 9.49. The fraction of sp³-hybridized carbons (Fsp3) is 0.600. The maximum absolute atomic E-state index is 12.3. The first-order valence-electron chi connectivity index (χ1n) is 5.08. The average Bonchev–Trinajstić information content (AvgIpc) is 2.63. The molecule has 0 aromatic carbocycles. The van der Waals surface area contributed by atoms with Crippen molar-refractivity contribution in [3.05, 3.63) is 18.0 Å². The number of alkyl halides is 3. The standard InChI is InChI=1S/C10H13F3N4/c1-7(2)16-9(3-14)6-17-5-8(4-15-17)10(11,12)13/h4-5,7,9,16H,6H2,1-2H3. The number of hydrogen-bond donors (Lipinski definition) is 1. The highest BCUT2D eigenvalue weighted by Gasteiger charge is 2.32. The molecular weight excluding hydrogens is 233 g/mol. The second kappa shape index (κ2) is 5.19. The Morgan fingerprint density at radius 2 is 2.18 bits per heavy atom. The van der Waals surface area contributed by atoms with Gasteiger partial charge >= 0.3 is 6.18 Å². The van der Waals surface area contributed by atoms with Crippen molar-refractivity contribution in [1.29, 1.82) is 5.26 Å². The van der Waals surface area contributed by atoms with E-state index in [0.29, 0.717) is 0 Å². The summed E-state index contributed by atoms with van der Waals surface area (Å²) in [5.41, 5.74) is -0.807. The smallest absolute Gasteiger partial charge is 0.298 e. The third-order valence-corrected chi connectivity index (χ3v) is 2.02. The van der Waals surface area contributed by atoms with E-state index in [4.69, 9.17) is 5.26 Å². The molecule has 1 heterocycles. The molecule has 17 heavy (non-hydrogen) atoms. The molecule has 1 aromatic heterocycles. The van der Waals surface area contributed by atoms with Crippen LogP contribution in [-0.2, 0) is 12.7 Å². The van der Waals surface area contributed by atoms with E-state index in [9.17, 15) is 13.2 Å². The van der Waals surface area contributed by atoms with Gasteiger partial charge in [-0.1, -0.05) is 0 Å². The SMILES string of the molecule is CC(C)NC(C#N)Cn1cc(C(F)(F)F)cn1. The molecule has 0 bridgehead atoms. The Labute approximate surface area is 97.0 Å². The number of aromatic nitrogens is 2. The molecule has 0 amide bonds. The third kappa shape index (κ3) is 4.07. The van der Waals surface area contributed by atoms with Crippen LogP contribution < -0.4 is 5.32 Å². The molecule has 0 aliphatic carbocycles. The highest BCUT2D eigenvalue weighted by Crippen LogP contribution is 2.28. The van der Waals surface area contributed by atoms with Crippen LogP contribution in [0.1, 0.15) is 19.4 Å². The van der Waals surface area contributed by atoms with E-state index in [1.165, 1.54) is 0 Å². The van der Waals surface area contributed by atoms with Crippen LogP contribution in [0.2, 0.25) is 0 Å². The Hall–Kier alpha value is -1.55. The van der Waals surface area contributed by atoms with E-state index >= 15 is 0 Å². The quantitative estimate of drug-likeness (QED) is 0.881. The van der Waals surface area contributed by atoms with Gasteiger partial charge in [0.1, 0.15) is 6.04 Å². The van der Waals surface area contributed by atoms with Gasteiger partial charge in [-0.15, -0.1) is 0 Å². The van der Waals surface area contributed by atoms with Gasteiger partial charge in [-0.2, -0.15) is 23.5 Å². The Kier molecular flexibility index (Phi) is 4.12. The fourth-order valence-corrected chi connectivity index (χ4v) is 1.33. The van der Waals surface area contributed by atoms with Crippen LogP contribution in [-0.4, -0.2) is 21.9 Å². The molecule has 0 aliphatic heterocycles. The molecule has 1 aromatic rings. The first kappa shape index (κ1) is 13.5. The summed E-state index contributed by atoms with van der Waals surface area (Å²) in [7, 11) is 0. The lowest BCUT2D eigenvalue weighted by Crippen LogP contribution is -2.36. The largest absolute Gasteiger partial charge is 0.419 e. The predicted octanol–water partition coefficient (Wildman–Crippen LogP) is 1.79. The fourth-order valence-electron chi connectivity index (χ4n) is 1.33. The molecule has 0 saturated heterocycles. The van der Waals surface area contributed by atoms with Crippen molar-refractivity contribution in [1.82, 2.24) is 15.1 Å². The van der Waals surface area contributed by atoms with Gasteiger partial charge in [-0.25, -0.2) is 0 Å². The molecule has 1 N–H and O–H groups in total. The van der Waals surface area contributed by atoms with Crippen LogP contribution in [0.15, 0.2) is 12.4 Å². The molecule has 1 atom stereocenters. The number of nitriles is 1. The highest BCUT2D eigenvalue weighted by atomic mass is 19.4. The van der Waals surface area contributed by atoms with Gasteiger partial charge in [0, 0.05) is 12.2 Å². The van der Waals surface area contributed by atoms with Crippen molar-refractivity contribution >= 4 is 0 Å².